The molecule has 3 rings (SSSR count). The van der Waals surface area contributed by atoms with Gasteiger partial charge in [-0.3, -0.25) is 4.79 Å². The second kappa shape index (κ2) is 8.71. The Bertz CT molecular complexity index is 842. The van der Waals surface area contributed by atoms with E-state index >= 15 is 0 Å². The normalized spacial score (nSPS) is 19.9. The van der Waals surface area contributed by atoms with Crippen LogP contribution in [0.15, 0.2) is 42.5 Å². The molecule has 0 radical (unpaired) electrons. The molecule has 1 fully saturated rings. The van der Waals surface area contributed by atoms with Gasteiger partial charge >= 0.3 is 5.97 Å². The van der Waals surface area contributed by atoms with Gasteiger partial charge < -0.3 is 20.5 Å². The number of aromatic carboxylic acids is 1. The molecule has 3 N–H and O–H groups in total. The zero-order valence-electron chi connectivity index (χ0n) is 14.2. The molecule has 2 aromatic rings. The number of benzene rings is 2. The standard InChI is InChI=1S/C19H18Cl2N2O4/c20-14-6-5-13(9-15(14)21)17-16(10-22-7-8-27-17)23-18(24)11-1-3-12(4-2-11)19(25)26/h1-6,9,16-17,22H,7-8,10H2,(H,23,24)(H,25,26). The van der Waals surface area contributed by atoms with Crippen molar-refractivity contribution in [3.05, 3.63) is 69.2 Å². The van der Waals surface area contributed by atoms with Gasteiger partial charge in [0.05, 0.1) is 28.3 Å². The maximum absolute atomic E-state index is 12.6. The van der Waals surface area contributed by atoms with Gasteiger partial charge in [-0.1, -0.05) is 29.3 Å². The second-order valence-electron chi connectivity index (χ2n) is 6.13. The summed E-state index contributed by atoms with van der Waals surface area (Å²) >= 11 is 12.1. The highest BCUT2D eigenvalue weighted by Gasteiger charge is 2.28. The fourth-order valence-corrected chi connectivity index (χ4v) is 3.21. The number of hydrogen-bond acceptors (Lipinski definition) is 4. The number of carboxylic acid groups (broad SMARTS) is 1. The summed E-state index contributed by atoms with van der Waals surface area (Å²) in [6.45, 7) is 1.67. The molecule has 1 saturated heterocycles. The van der Waals surface area contributed by atoms with Gasteiger partial charge in [-0.25, -0.2) is 4.79 Å². The highest BCUT2D eigenvalue weighted by molar-refractivity contribution is 6.42. The van der Waals surface area contributed by atoms with Crippen molar-refractivity contribution in [2.45, 2.75) is 12.1 Å². The lowest BCUT2D eigenvalue weighted by Crippen LogP contribution is -2.44. The minimum atomic E-state index is -1.04. The van der Waals surface area contributed by atoms with E-state index in [1.807, 2.05) is 6.07 Å². The van der Waals surface area contributed by atoms with E-state index in [0.29, 0.717) is 35.3 Å². The van der Waals surface area contributed by atoms with Crippen LogP contribution >= 0.6 is 23.2 Å². The Morgan fingerprint density at radius 3 is 2.44 bits per heavy atom. The van der Waals surface area contributed by atoms with Crippen molar-refractivity contribution in [1.29, 1.82) is 0 Å². The summed E-state index contributed by atoms with van der Waals surface area (Å²) in [6.07, 6.45) is -0.392. The van der Waals surface area contributed by atoms with Crippen molar-refractivity contribution >= 4 is 35.1 Å². The van der Waals surface area contributed by atoms with Crippen LogP contribution in [-0.2, 0) is 4.74 Å². The van der Waals surface area contributed by atoms with Crippen LogP contribution in [0, 0.1) is 0 Å². The third-order valence-electron chi connectivity index (χ3n) is 4.29. The van der Waals surface area contributed by atoms with Crippen molar-refractivity contribution in [3.63, 3.8) is 0 Å². The van der Waals surface area contributed by atoms with E-state index in [4.69, 9.17) is 33.0 Å². The minimum Gasteiger partial charge on any atom is -0.478 e. The first-order valence-electron chi connectivity index (χ1n) is 8.37. The predicted octanol–water partition coefficient (Wildman–Crippen LogP) is 3.15. The largest absolute Gasteiger partial charge is 0.478 e. The van der Waals surface area contributed by atoms with Crippen molar-refractivity contribution in [2.24, 2.45) is 0 Å². The zero-order chi connectivity index (χ0) is 19.4. The van der Waals surface area contributed by atoms with Gasteiger partial charge in [0, 0.05) is 18.7 Å². The summed E-state index contributed by atoms with van der Waals surface area (Å²) in [5, 5.41) is 16.0. The number of carbonyl (C=O) groups excluding carboxylic acids is 1. The van der Waals surface area contributed by atoms with Gasteiger partial charge in [0.2, 0.25) is 0 Å². The average Bonchev–Trinajstić information content (AvgIpc) is 2.89. The monoisotopic (exact) mass is 408 g/mol. The minimum absolute atomic E-state index is 0.125. The van der Waals surface area contributed by atoms with Crippen molar-refractivity contribution in [2.75, 3.05) is 19.7 Å². The van der Waals surface area contributed by atoms with E-state index in [0.717, 1.165) is 5.56 Å². The third-order valence-corrected chi connectivity index (χ3v) is 5.03. The van der Waals surface area contributed by atoms with Crippen LogP contribution in [0.1, 0.15) is 32.4 Å². The molecule has 1 aliphatic rings. The topological polar surface area (TPSA) is 87.7 Å². The molecule has 6 nitrogen and oxygen atoms in total. The SMILES string of the molecule is O=C(O)c1ccc(C(=O)NC2CNCCOC2c2ccc(Cl)c(Cl)c2)cc1. The Labute approximate surface area is 166 Å². The first kappa shape index (κ1) is 19.6. The number of amides is 1. The van der Waals surface area contributed by atoms with Gasteiger partial charge in [0.15, 0.2) is 0 Å². The van der Waals surface area contributed by atoms with Crippen LogP contribution in [0.3, 0.4) is 0 Å². The summed E-state index contributed by atoms with van der Waals surface area (Å²) in [4.78, 5) is 23.6. The van der Waals surface area contributed by atoms with Gasteiger partial charge in [0.25, 0.3) is 5.91 Å². The second-order valence-corrected chi connectivity index (χ2v) is 6.95. The molecule has 2 atom stereocenters. The molecule has 0 bridgehead atoms. The molecule has 142 valence electrons. The van der Waals surface area contributed by atoms with Crippen LogP contribution in [0.4, 0.5) is 0 Å². The van der Waals surface area contributed by atoms with Crippen LogP contribution in [-0.4, -0.2) is 42.7 Å². The first-order chi connectivity index (χ1) is 13.0. The van der Waals surface area contributed by atoms with Gasteiger partial charge in [-0.05, 0) is 42.0 Å². The van der Waals surface area contributed by atoms with Crippen LogP contribution in [0.2, 0.25) is 10.0 Å². The molecule has 0 saturated carbocycles. The molecule has 2 unspecified atom stereocenters. The third kappa shape index (κ3) is 4.78. The maximum atomic E-state index is 12.6. The van der Waals surface area contributed by atoms with E-state index in [-0.39, 0.29) is 17.5 Å². The van der Waals surface area contributed by atoms with Gasteiger partial charge in [-0.2, -0.15) is 0 Å². The summed E-state index contributed by atoms with van der Waals surface area (Å²) in [5.41, 5.74) is 1.32. The predicted molar refractivity (Wildman–Crippen MR) is 103 cm³/mol. The number of hydrogen-bond donors (Lipinski definition) is 3. The summed E-state index contributed by atoms with van der Waals surface area (Å²) in [7, 11) is 0. The van der Waals surface area contributed by atoms with E-state index in [1.165, 1.54) is 24.3 Å². The molecule has 27 heavy (non-hydrogen) atoms. The smallest absolute Gasteiger partial charge is 0.335 e. The van der Waals surface area contributed by atoms with E-state index in [9.17, 15) is 9.59 Å². The van der Waals surface area contributed by atoms with Crippen molar-refractivity contribution in [1.82, 2.24) is 10.6 Å². The van der Waals surface area contributed by atoms with Crippen molar-refractivity contribution < 1.29 is 19.4 Å². The summed E-state index contributed by atoms with van der Waals surface area (Å²) in [5.74, 6) is -1.35. The average molecular weight is 409 g/mol. The molecule has 0 spiro atoms. The molecule has 1 aliphatic heterocycles. The fourth-order valence-electron chi connectivity index (χ4n) is 2.90. The highest BCUT2D eigenvalue weighted by Crippen LogP contribution is 2.29. The zero-order valence-corrected chi connectivity index (χ0v) is 15.8. The molecule has 1 heterocycles. The molecule has 0 aromatic heterocycles. The molecule has 8 heteroatoms. The van der Waals surface area contributed by atoms with E-state index in [1.54, 1.807) is 12.1 Å². The fraction of sp³-hybridized carbons (Fsp3) is 0.263. The Hall–Kier alpha value is -2.12. The number of carbonyl (C=O) groups is 2. The number of ether oxygens (including phenoxy) is 1. The molecular weight excluding hydrogens is 391 g/mol. The van der Waals surface area contributed by atoms with Crippen LogP contribution < -0.4 is 10.6 Å². The molecule has 2 aromatic carbocycles. The maximum Gasteiger partial charge on any atom is 0.335 e. The lowest BCUT2D eigenvalue weighted by Gasteiger charge is -2.26. The summed E-state index contributed by atoms with van der Waals surface area (Å²) < 4.78 is 5.93. The Kier molecular flexibility index (Phi) is 6.34. The quantitative estimate of drug-likeness (QED) is 0.722. The lowest BCUT2D eigenvalue weighted by molar-refractivity contribution is 0.0417. The van der Waals surface area contributed by atoms with Gasteiger partial charge in [-0.15, -0.1) is 0 Å². The van der Waals surface area contributed by atoms with E-state index in [2.05, 4.69) is 10.6 Å². The molecular formula is C19H18Cl2N2O4. The highest BCUT2D eigenvalue weighted by atomic mass is 35.5. The number of carboxylic acids is 1. The Morgan fingerprint density at radius 1 is 1.07 bits per heavy atom. The Morgan fingerprint density at radius 2 is 1.78 bits per heavy atom. The van der Waals surface area contributed by atoms with E-state index < -0.39 is 12.1 Å². The first-order valence-corrected chi connectivity index (χ1v) is 9.13. The Balaban J connectivity index is 1.79. The number of rotatable bonds is 4. The molecule has 0 aliphatic carbocycles. The van der Waals surface area contributed by atoms with Crippen LogP contribution in [0.25, 0.3) is 0 Å². The van der Waals surface area contributed by atoms with Gasteiger partial charge in [0.1, 0.15) is 6.10 Å². The summed E-state index contributed by atoms with van der Waals surface area (Å²) in [6, 6.07) is 10.7. The number of halogens is 2. The van der Waals surface area contributed by atoms with Crippen molar-refractivity contribution in [3.8, 4) is 0 Å². The number of nitrogens with one attached hydrogen (secondary N) is 2. The lowest BCUT2D eigenvalue weighted by atomic mass is 10.0. The van der Waals surface area contributed by atoms with Crippen LogP contribution in [0.5, 0.6) is 0 Å². The molecule has 1 amide bonds.